The van der Waals surface area contributed by atoms with Gasteiger partial charge in [0, 0.05) is 35.4 Å². The molecule has 0 radical (unpaired) electrons. The van der Waals surface area contributed by atoms with E-state index in [9.17, 15) is 19.2 Å². The molecule has 214 valence electrons. The second-order valence-corrected chi connectivity index (χ2v) is 9.80. The lowest BCUT2D eigenvalue weighted by molar-refractivity contribution is -0.124. The average molecular weight is 582 g/mol. The van der Waals surface area contributed by atoms with E-state index in [-0.39, 0.29) is 11.5 Å². The number of carboxylic acid groups (broad SMARTS) is 1. The Morgan fingerprint density at radius 1 is 1.15 bits per heavy atom. The van der Waals surface area contributed by atoms with Gasteiger partial charge in [0.25, 0.3) is 0 Å². The Morgan fingerprint density at radius 3 is 2.51 bits per heavy atom. The maximum atomic E-state index is 13.3. The van der Waals surface area contributed by atoms with Crippen LogP contribution >= 0.6 is 11.6 Å². The van der Waals surface area contributed by atoms with E-state index in [1.807, 2.05) is 0 Å². The molecule has 0 spiro atoms. The number of piperidine rings is 1. The van der Waals surface area contributed by atoms with Crippen LogP contribution in [0.3, 0.4) is 0 Å². The van der Waals surface area contributed by atoms with Gasteiger partial charge in [0.15, 0.2) is 0 Å². The van der Waals surface area contributed by atoms with Crippen LogP contribution in [0.15, 0.2) is 54.9 Å². The van der Waals surface area contributed by atoms with E-state index in [2.05, 4.69) is 26.2 Å². The van der Waals surface area contributed by atoms with E-state index in [0.29, 0.717) is 54.3 Å². The van der Waals surface area contributed by atoms with Gasteiger partial charge in [-0.3, -0.25) is 9.59 Å². The summed E-state index contributed by atoms with van der Waals surface area (Å²) in [7, 11) is 1.33. The van der Waals surface area contributed by atoms with Crippen LogP contribution in [0.5, 0.6) is 0 Å². The molecule has 4 rings (SSSR count). The maximum absolute atomic E-state index is 13.3. The molecule has 0 saturated carbocycles. The summed E-state index contributed by atoms with van der Waals surface area (Å²) in [4.78, 5) is 50.9. The monoisotopic (exact) mass is 581 g/mol. The number of likely N-dealkylation sites (tertiary alicyclic amines) is 1. The lowest BCUT2D eigenvalue weighted by atomic mass is 9.90. The summed E-state index contributed by atoms with van der Waals surface area (Å²) in [6.07, 6.45) is 5.46. The number of hydrogen-bond acceptors (Lipinski definition) is 8. The minimum atomic E-state index is -1.08. The molecule has 1 atom stereocenters. The number of amides is 3. The predicted octanol–water partition coefficient (Wildman–Crippen LogP) is 3.02. The van der Waals surface area contributed by atoms with Crippen LogP contribution in [0.2, 0.25) is 5.02 Å². The van der Waals surface area contributed by atoms with Crippen LogP contribution in [-0.4, -0.2) is 80.3 Å². The number of tetrazole rings is 1. The Kier molecular flexibility index (Phi) is 9.64. The molecule has 3 N–H and O–H groups in total. The number of carbonyl (C=O) groups is 4. The Labute approximate surface area is 240 Å². The molecule has 1 aromatic heterocycles. The zero-order chi connectivity index (χ0) is 29.4. The fraction of sp³-hybridized carbons (Fsp3) is 0.296. The molecule has 3 aromatic rings. The van der Waals surface area contributed by atoms with Crippen LogP contribution in [0.25, 0.3) is 11.8 Å². The number of carbonyl (C=O) groups excluding carboxylic acids is 3. The molecule has 1 aliphatic rings. The highest BCUT2D eigenvalue weighted by atomic mass is 35.5. The van der Waals surface area contributed by atoms with Crippen molar-refractivity contribution in [3.05, 3.63) is 71.0 Å². The van der Waals surface area contributed by atoms with Crippen LogP contribution in [0.1, 0.15) is 35.2 Å². The fourth-order valence-electron chi connectivity index (χ4n) is 4.50. The molecular weight excluding hydrogens is 554 g/mol. The van der Waals surface area contributed by atoms with Crippen molar-refractivity contribution in [2.24, 2.45) is 5.92 Å². The summed E-state index contributed by atoms with van der Waals surface area (Å²) in [6.45, 7) is 0.954. The van der Waals surface area contributed by atoms with Crippen molar-refractivity contribution in [3.8, 4) is 5.69 Å². The summed E-state index contributed by atoms with van der Waals surface area (Å²) in [5.74, 6) is -1.99. The molecule has 1 saturated heterocycles. The molecule has 3 amide bonds. The van der Waals surface area contributed by atoms with Gasteiger partial charge in [0.05, 0.1) is 18.4 Å². The molecule has 1 fully saturated rings. The number of rotatable bonds is 9. The first kappa shape index (κ1) is 29.2. The first-order valence-electron chi connectivity index (χ1n) is 12.7. The van der Waals surface area contributed by atoms with Gasteiger partial charge in [0.1, 0.15) is 12.4 Å². The van der Waals surface area contributed by atoms with E-state index < -0.39 is 29.9 Å². The topological polar surface area (TPSA) is 169 Å². The zero-order valence-corrected chi connectivity index (χ0v) is 22.8. The summed E-state index contributed by atoms with van der Waals surface area (Å²) < 4.78 is 6.22. The van der Waals surface area contributed by atoms with Gasteiger partial charge in [-0.05, 0) is 84.1 Å². The number of aromatic carboxylic acids is 1. The van der Waals surface area contributed by atoms with E-state index in [4.69, 9.17) is 21.4 Å². The van der Waals surface area contributed by atoms with Gasteiger partial charge >= 0.3 is 12.1 Å². The van der Waals surface area contributed by atoms with E-state index in [1.165, 1.54) is 48.5 Å². The smallest absolute Gasteiger partial charge is 0.409 e. The maximum Gasteiger partial charge on any atom is 0.409 e. The van der Waals surface area contributed by atoms with E-state index >= 15 is 0 Å². The summed E-state index contributed by atoms with van der Waals surface area (Å²) in [5.41, 5.74) is 1.65. The molecule has 2 heterocycles. The van der Waals surface area contributed by atoms with Gasteiger partial charge in [-0.2, -0.15) is 4.68 Å². The summed E-state index contributed by atoms with van der Waals surface area (Å²) in [6, 6.07) is 9.85. The van der Waals surface area contributed by atoms with E-state index in [0.717, 1.165) is 0 Å². The highest BCUT2D eigenvalue weighted by molar-refractivity contribution is 6.30. The minimum absolute atomic E-state index is 0.0599. The number of anilines is 1. The summed E-state index contributed by atoms with van der Waals surface area (Å²) >= 11 is 6.16. The van der Waals surface area contributed by atoms with Crippen molar-refractivity contribution in [2.45, 2.75) is 25.3 Å². The molecule has 41 heavy (non-hydrogen) atoms. The highest BCUT2D eigenvalue weighted by Gasteiger charge is 2.29. The average Bonchev–Trinajstić information content (AvgIpc) is 3.51. The number of methoxy groups -OCH3 is 1. The van der Waals surface area contributed by atoms with Crippen molar-refractivity contribution < 1.29 is 29.0 Å². The standard InChI is InChI=1S/C27H28ClN7O6/c1-41-27(40)34-12-10-17(11-13-34)14-22(25(37)30-21-6-2-18(3-7-21)26(38)39)31-24(36)9-4-19-15-20(28)5-8-23(19)35-16-29-32-33-35/h2-9,15-17,22H,10-14H2,1H3,(H,30,37)(H,31,36)(H,38,39)/t22-/m0/s1. The largest absolute Gasteiger partial charge is 0.478 e. The predicted molar refractivity (Wildman–Crippen MR) is 148 cm³/mol. The van der Waals surface area contributed by atoms with Gasteiger partial charge in [0.2, 0.25) is 11.8 Å². The van der Waals surface area contributed by atoms with Crippen molar-refractivity contribution in [1.29, 1.82) is 0 Å². The molecule has 2 aromatic carbocycles. The van der Waals surface area contributed by atoms with Crippen LogP contribution < -0.4 is 10.6 Å². The fourth-order valence-corrected chi connectivity index (χ4v) is 4.68. The number of ether oxygens (including phenoxy) is 1. The number of benzene rings is 2. The molecule has 14 heteroatoms. The number of nitrogens with zero attached hydrogens (tertiary/aromatic N) is 5. The number of nitrogens with one attached hydrogen (secondary N) is 2. The van der Waals surface area contributed by atoms with Crippen molar-refractivity contribution in [3.63, 3.8) is 0 Å². The molecular formula is C27H28ClN7O6. The van der Waals surface area contributed by atoms with Gasteiger partial charge in [-0.25, -0.2) is 9.59 Å². The third-order valence-electron chi connectivity index (χ3n) is 6.65. The lowest BCUT2D eigenvalue weighted by Gasteiger charge is -2.32. The molecule has 1 aliphatic heterocycles. The Morgan fingerprint density at radius 2 is 1.88 bits per heavy atom. The van der Waals surface area contributed by atoms with E-state index in [1.54, 1.807) is 29.2 Å². The molecule has 0 unspecified atom stereocenters. The second kappa shape index (κ2) is 13.5. The molecule has 0 aliphatic carbocycles. The van der Waals surface area contributed by atoms with Gasteiger partial charge in [-0.1, -0.05) is 11.6 Å². The van der Waals surface area contributed by atoms with Gasteiger partial charge in [-0.15, -0.1) is 5.10 Å². The first-order chi connectivity index (χ1) is 19.7. The Balaban J connectivity index is 1.48. The summed E-state index contributed by atoms with van der Waals surface area (Å²) in [5, 5.41) is 26.2. The second-order valence-electron chi connectivity index (χ2n) is 9.36. The third kappa shape index (κ3) is 7.88. The number of aromatic nitrogens is 4. The van der Waals surface area contributed by atoms with Crippen LogP contribution in [0, 0.1) is 5.92 Å². The van der Waals surface area contributed by atoms with Crippen molar-refractivity contribution >= 4 is 47.2 Å². The van der Waals surface area contributed by atoms with Crippen molar-refractivity contribution in [2.75, 3.05) is 25.5 Å². The normalized spacial score (nSPS) is 14.4. The van der Waals surface area contributed by atoms with Crippen LogP contribution in [0.4, 0.5) is 10.5 Å². The minimum Gasteiger partial charge on any atom is -0.478 e. The number of hydrogen-bond donors (Lipinski definition) is 3. The SMILES string of the molecule is COC(=O)N1CCC(C[C@H](NC(=O)C=Cc2cc(Cl)ccc2-n2cnnn2)C(=O)Nc2ccc(C(=O)O)cc2)CC1. The van der Waals surface area contributed by atoms with Crippen molar-refractivity contribution in [1.82, 2.24) is 30.4 Å². The quantitative estimate of drug-likeness (QED) is 0.321. The lowest BCUT2D eigenvalue weighted by Crippen LogP contribution is -2.46. The third-order valence-corrected chi connectivity index (χ3v) is 6.88. The number of halogens is 1. The number of carboxylic acids is 1. The first-order valence-corrected chi connectivity index (χ1v) is 13.1. The van der Waals surface area contributed by atoms with Crippen LogP contribution in [-0.2, 0) is 14.3 Å². The highest BCUT2D eigenvalue weighted by Crippen LogP contribution is 2.24. The van der Waals surface area contributed by atoms with Gasteiger partial charge < -0.3 is 25.4 Å². The Hall–Kier alpha value is -4.78. The molecule has 0 bridgehead atoms. The Bertz CT molecular complexity index is 1420. The molecule has 13 nitrogen and oxygen atoms in total. The zero-order valence-electron chi connectivity index (χ0n) is 22.1.